The smallest absolute Gasteiger partial charge is 0.393 e. The Balaban J connectivity index is 1.58. The standard InChI is InChI=1S/C41H49F3N2O5/c1-28-10-8-20-39(2)36(19-21-40(39,50)27-46(22-9-23-51-3)38(49)45-32-13-5-4-6-14-32)34-18-16-29(24-33(47)17-15-28)25-35(34)37(48)30-11-7-12-31(26-30)41(42,43)44/h4-7,10-14,16,18,25-26,33,36,47,50H,8-9,15,17,19-24,27H2,1-3H3,(H,45,49). The SMILES string of the molecule is COCCCN(CC1(O)CCC2c3ccc(cc3C(=O)c3cccc(C(F)(F)F)c3)CC(O)CCC(C)=CCCC21C)C(=O)Nc1ccccc1. The Kier molecular flexibility index (Phi) is 12.1. The third kappa shape index (κ3) is 8.91. The number of hydrogen-bond donors (Lipinski definition) is 3. The number of carbonyl (C=O) groups is 2. The van der Waals surface area contributed by atoms with Gasteiger partial charge in [0.1, 0.15) is 0 Å². The van der Waals surface area contributed by atoms with Gasteiger partial charge >= 0.3 is 12.2 Å². The number of fused-ring (bicyclic) bond motifs is 8. The molecular weight excluding hydrogens is 657 g/mol. The van der Waals surface area contributed by atoms with E-state index in [-0.39, 0.29) is 36.0 Å². The van der Waals surface area contributed by atoms with Crippen LogP contribution in [0.1, 0.15) is 97.3 Å². The third-order valence-electron chi connectivity index (χ3n) is 10.9. The Morgan fingerprint density at radius 3 is 2.51 bits per heavy atom. The van der Waals surface area contributed by atoms with Gasteiger partial charge in [0.15, 0.2) is 5.78 Å². The van der Waals surface area contributed by atoms with Crippen LogP contribution in [0.2, 0.25) is 0 Å². The van der Waals surface area contributed by atoms with Crippen molar-refractivity contribution in [2.45, 2.75) is 89.0 Å². The number of carbonyl (C=O) groups excluding carboxylic acids is 2. The van der Waals surface area contributed by atoms with E-state index in [1.165, 1.54) is 12.1 Å². The molecule has 274 valence electrons. The van der Waals surface area contributed by atoms with Crippen LogP contribution in [-0.2, 0) is 17.3 Å². The van der Waals surface area contributed by atoms with Crippen molar-refractivity contribution in [1.29, 1.82) is 0 Å². The number of anilines is 1. The molecule has 0 heterocycles. The summed E-state index contributed by atoms with van der Waals surface area (Å²) in [7, 11) is 1.60. The number of aliphatic hydroxyl groups is 2. The van der Waals surface area contributed by atoms with Gasteiger partial charge in [0.2, 0.25) is 0 Å². The molecule has 3 aliphatic rings. The molecule has 0 aromatic heterocycles. The van der Waals surface area contributed by atoms with Crippen LogP contribution in [0.5, 0.6) is 0 Å². The quantitative estimate of drug-likeness (QED) is 0.118. The van der Waals surface area contributed by atoms with Crippen LogP contribution in [0.3, 0.4) is 0 Å². The number of urea groups is 1. The highest BCUT2D eigenvalue weighted by atomic mass is 19.4. The van der Waals surface area contributed by atoms with Gasteiger partial charge in [-0.1, -0.05) is 61.0 Å². The first-order chi connectivity index (χ1) is 24.2. The van der Waals surface area contributed by atoms with Crippen molar-refractivity contribution in [3.63, 3.8) is 0 Å². The molecule has 3 aliphatic carbocycles. The van der Waals surface area contributed by atoms with Gasteiger partial charge in [0, 0.05) is 42.5 Å². The first kappa shape index (κ1) is 38.2. The van der Waals surface area contributed by atoms with E-state index < -0.39 is 34.6 Å². The Bertz CT molecular complexity index is 1710. The maximum absolute atomic E-state index is 14.3. The van der Waals surface area contributed by atoms with E-state index in [1.54, 1.807) is 30.2 Å². The highest BCUT2D eigenvalue weighted by Gasteiger charge is 2.57. The van der Waals surface area contributed by atoms with E-state index in [4.69, 9.17) is 4.74 Å². The van der Waals surface area contributed by atoms with Crippen LogP contribution >= 0.6 is 0 Å². The first-order valence-corrected chi connectivity index (χ1v) is 17.7. The average molecular weight is 707 g/mol. The molecule has 3 aromatic carbocycles. The molecule has 4 atom stereocenters. The van der Waals surface area contributed by atoms with Crippen LogP contribution < -0.4 is 5.32 Å². The molecular formula is C41H49F3N2O5. The number of alkyl halides is 3. The van der Waals surface area contributed by atoms with E-state index in [1.807, 2.05) is 44.2 Å². The first-order valence-electron chi connectivity index (χ1n) is 17.7. The second kappa shape index (κ2) is 16.1. The van der Waals surface area contributed by atoms with E-state index in [9.17, 15) is 33.0 Å². The highest BCUT2D eigenvalue weighted by molar-refractivity contribution is 6.10. The Labute approximate surface area is 298 Å². The maximum atomic E-state index is 14.3. The van der Waals surface area contributed by atoms with Crippen LogP contribution in [0.4, 0.5) is 23.7 Å². The molecule has 4 unspecified atom stereocenters. The predicted octanol–water partition coefficient (Wildman–Crippen LogP) is 8.55. The highest BCUT2D eigenvalue weighted by Crippen LogP contribution is 2.59. The van der Waals surface area contributed by atoms with Crippen molar-refractivity contribution in [2.24, 2.45) is 5.41 Å². The van der Waals surface area contributed by atoms with Gasteiger partial charge in [0.05, 0.1) is 23.8 Å². The van der Waals surface area contributed by atoms with Crippen molar-refractivity contribution >= 4 is 17.5 Å². The predicted molar refractivity (Wildman–Crippen MR) is 192 cm³/mol. The van der Waals surface area contributed by atoms with Crippen LogP contribution in [0.15, 0.2) is 84.4 Å². The average Bonchev–Trinajstić information content (AvgIpc) is 3.35. The van der Waals surface area contributed by atoms with Gasteiger partial charge in [-0.05, 0) is 106 Å². The molecule has 0 spiro atoms. The number of nitrogens with one attached hydrogen (secondary N) is 1. The fourth-order valence-corrected chi connectivity index (χ4v) is 7.88. The van der Waals surface area contributed by atoms with Gasteiger partial charge in [-0.25, -0.2) is 4.79 Å². The number of para-hydroxylation sites is 1. The minimum Gasteiger partial charge on any atom is -0.393 e. The number of allylic oxidation sites excluding steroid dienone is 2. The molecule has 7 nitrogen and oxygen atoms in total. The van der Waals surface area contributed by atoms with E-state index in [0.29, 0.717) is 74.9 Å². The lowest BCUT2D eigenvalue weighted by Gasteiger charge is -2.46. The number of amides is 2. The van der Waals surface area contributed by atoms with Crippen molar-refractivity contribution in [1.82, 2.24) is 4.90 Å². The summed E-state index contributed by atoms with van der Waals surface area (Å²) in [5.74, 6) is -0.905. The molecule has 0 aliphatic heterocycles. The molecule has 51 heavy (non-hydrogen) atoms. The van der Waals surface area contributed by atoms with Crippen molar-refractivity contribution < 1.29 is 37.7 Å². The lowest BCUT2D eigenvalue weighted by Crippen LogP contribution is -2.54. The molecule has 1 saturated carbocycles. The molecule has 10 heteroatoms. The van der Waals surface area contributed by atoms with Gasteiger partial charge in [-0.2, -0.15) is 13.2 Å². The summed E-state index contributed by atoms with van der Waals surface area (Å²) in [5.41, 5.74) is 0.167. The van der Waals surface area contributed by atoms with Crippen LogP contribution in [0, 0.1) is 5.41 Å². The number of aliphatic hydroxyl groups excluding tert-OH is 1. The zero-order valence-electron chi connectivity index (χ0n) is 29.6. The number of ketones is 1. The monoisotopic (exact) mass is 706 g/mol. The molecule has 3 N–H and O–H groups in total. The zero-order chi connectivity index (χ0) is 36.8. The van der Waals surface area contributed by atoms with Gasteiger partial charge in [-0.15, -0.1) is 0 Å². The molecule has 6 rings (SSSR count). The summed E-state index contributed by atoms with van der Waals surface area (Å²) < 4.78 is 46.4. The van der Waals surface area contributed by atoms with Crippen molar-refractivity contribution in [2.75, 3.05) is 32.1 Å². The minimum atomic E-state index is -4.62. The Morgan fingerprint density at radius 1 is 1.02 bits per heavy atom. The fourth-order valence-electron chi connectivity index (χ4n) is 7.88. The van der Waals surface area contributed by atoms with E-state index in [0.717, 1.165) is 17.7 Å². The number of halogens is 3. The summed E-state index contributed by atoms with van der Waals surface area (Å²) >= 11 is 0. The number of methoxy groups -OCH3 is 1. The van der Waals surface area contributed by atoms with Gasteiger partial charge in [0.25, 0.3) is 0 Å². The van der Waals surface area contributed by atoms with Gasteiger partial charge in [-0.3, -0.25) is 4.79 Å². The van der Waals surface area contributed by atoms with Crippen LogP contribution in [0.25, 0.3) is 0 Å². The molecule has 2 bridgehead atoms. The second-order valence-electron chi connectivity index (χ2n) is 14.4. The third-order valence-corrected chi connectivity index (χ3v) is 10.9. The summed E-state index contributed by atoms with van der Waals surface area (Å²) in [6, 6.07) is 18.6. The number of nitrogens with zero attached hydrogens (tertiary/aromatic N) is 1. The lowest BCUT2D eigenvalue weighted by molar-refractivity contribution is -0.137. The Morgan fingerprint density at radius 2 is 1.78 bits per heavy atom. The molecule has 0 saturated heterocycles. The van der Waals surface area contributed by atoms with Gasteiger partial charge < -0.3 is 25.2 Å². The minimum absolute atomic E-state index is 0.0340. The molecule has 1 fully saturated rings. The van der Waals surface area contributed by atoms with Crippen molar-refractivity contribution in [3.8, 4) is 0 Å². The summed E-state index contributed by atoms with van der Waals surface area (Å²) in [6.07, 6.45) is 0.860. The van der Waals surface area contributed by atoms with E-state index >= 15 is 0 Å². The maximum Gasteiger partial charge on any atom is 0.416 e. The largest absolute Gasteiger partial charge is 0.416 e. The van der Waals surface area contributed by atoms with Crippen LogP contribution in [-0.4, -0.2) is 65.4 Å². The summed E-state index contributed by atoms with van der Waals surface area (Å²) in [4.78, 5) is 29.6. The molecule has 0 radical (unpaired) electrons. The summed E-state index contributed by atoms with van der Waals surface area (Å²) in [5, 5.41) is 26.6. The molecule has 2 amide bonds. The van der Waals surface area contributed by atoms with Crippen molar-refractivity contribution in [3.05, 3.63) is 112 Å². The second-order valence-corrected chi connectivity index (χ2v) is 14.4. The van der Waals surface area contributed by atoms with E-state index in [2.05, 4.69) is 11.4 Å². The normalized spacial score (nSPS) is 24.0. The lowest BCUT2D eigenvalue weighted by atomic mass is 9.64. The number of hydrogen-bond acceptors (Lipinski definition) is 5. The number of benzene rings is 3. The molecule has 3 aromatic rings. The number of rotatable bonds is 9. The number of ether oxygens (including phenoxy) is 1. The topological polar surface area (TPSA) is 99.1 Å². The fraction of sp³-hybridized carbons (Fsp3) is 0.463. The Hall–Kier alpha value is -3.99. The zero-order valence-corrected chi connectivity index (χ0v) is 29.6. The summed E-state index contributed by atoms with van der Waals surface area (Å²) in [6.45, 7) is 4.85.